The number of rotatable bonds is 7. The molecule has 0 unspecified atom stereocenters. The fourth-order valence-electron chi connectivity index (χ4n) is 2.47. The minimum Gasteiger partial charge on any atom is -0.493 e. The van der Waals surface area contributed by atoms with Crippen LogP contribution in [-0.4, -0.2) is 45.0 Å². The van der Waals surface area contributed by atoms with Crippen LogP contribution in [0.3, 0.4) is 0 Å². The zero-order chi connectivity index (χ0) is 19.1. The van der Waals surface area contributed by atoms with Crippen molar-refractivity contribution in [2.24, 2.45) is 0 Å². The lowest BCUT2D eigenvalue weighted by Crippen LogP contribution is -2.21. The molecule has 2 aromatic carbocycles. The SMILES string of the molecule is COc1ccc(NC(=O)CCc2ccc(C(=O)N(C)C)cc2)cc1OC. The number of hydrogen-bond acceptors (Lipinski definition) is 4. The van der Waals surface area contributed by atoms with Gasteiger partial charge in [-0.05, 0) is 36.2 Å². The van der Waals surface area contributed by atoms with Gasteiger partial charge in [-0.3, -0.25) is 9.59 Å². The highest BCUT2D eigenvalue weighted by molar-refractivity contribution is 5.94. The molecular formula is C20H24N2O4. The summed E-state index contributed by atoms with van der Waals surface area (Å²) in [7, 11) is 6.55. The van der Waals surface area contributed by atoms with E-state index in [0.29, 0.717) is 35.6 Å². The van der Waals surface area contributed by atoms with Crippen LogP contribution in [0.5, 0.6) is 11.5 Å². The summed E-state index contributed by atoms with van der Waals surface area (Å²) in [5.74, 6) is 1.04. The van der Waals surface area contributed by atoms with Gasteiger partial charge in [-0.1, -0.05) is 12.1 Å². The average Bonchev–Trinajstić information content (AvgIpc) is 2.66. The standard InChI is InChI=1S/C20H24N2O4/c1-22(2)20(24)15-8-5-14(6-9-15)7-12-19(23)21-16-10-11-17(25-3)18(13-16)26-4/h5-6,8-11,13H,7,12H2,1-4H3,(H,21,23). The number of amides is 2. The molecule has 1 N–H and O–H groups in total. The zero-order valence-electron chi connectivity index (χ0n) is 15.5. The van der Waals surface area contributed by atoms with Crippen molar-refractivity contribution in [1.29, 1.82) is 0 Å². The smallest absolute Gasteiger partial charge is 0.253 e. The first kappa shape index (κ1) is 19.3. The van der Waals surface area contributed by atoms with Crippen LogP contribution in [0.15, 0.2) is 42.5 Å². The van der Waals surface area contributed by atoms with Gasteiger partial charge < -0.3 is 19.7 Å². The molecule has 0 aliphatic carbocycles. The van der Waals surface area contributed by atoms with Crippen LogP contribution in [0.2, 0.25) is 0 Å². The maximum Gasteiger partial charge on any atom is 0.253 e. The third kappa shape index (κ3) is 4.99. The largest absolute Gasteiger partial charge is 0.493 e. The van der Waals surface area contributed by atoms with Crippen LogP contribution < -0.4 is 14.8 Å². The number of hydrogen-bond donors (Lipinski definition) is 1. The molecule has 2 amide bonds. The Morgan fingerprint density at radius 2 is 1.62 bits per heavy atom. The van der Waals surface area contributed by atoms with E-state index in [0.717, 1.165) is 5.56 Å². The first-order chi connectivity index (χ1) is 12.4. The zero-order valence-corrected chi connectivity index (χ0v) is 15.5. The van der Waals surface area contributed by atoms with Gasteiger partial charge in [-0.2, -0.15) is 0 Å². The van der Waals surface area contributed by atoms with Gasteiger partial charge in [-0.25, -0.2) is 0 Å². The van der Waals surface area contributed by atoms with E-state index < -0.39 is 0 Å². The molecule has 0 aromatic heterocycles. The van der Waals surface area contributed by atoms with E-state index in [1.165, 1.54) is 4.90 Å². The van der Waals surface area contributed by atoms with Gasteiger partial charge in [-0.15, -0.1) is 0 Å². The first-order valence-corrected chi connectivity index (χ1v) is 8.27. The number of benzene rings is 2. The highest BCUT2D eigenvalue weighted by Crippen LogP contribution is 2.29. The van der Waals surface area contributed by atoms with E-state index in [4.69, 9.17) is 9.47 Å². The summed E-state index contributed by atoms with van der Waals surface area (Å²) in [5.41, 5.74) is 2.29. The van der Waals surface area contributed by atoms with Gasteiger partial charge in [0.25, 0.3) is 5.91 Å². The summed E-state index contributed by atoms with van der Waals surface area (Å²) in [5, 5.41) is 2.85. The molecule has 0 spiro atoms. The van der Waals surface area contributed by atoms with Crippen molar-refractivity contribution in [3.05, 3.63) is 53.6 Å². The van der Waals surface area contributed by atoms with Crippen molar-refractivity contribution in [3.63, 3.8) is 0 Å². The van der Waals surface area contributed by atoms with E-state index in [-0.39, 0.29) is 11.8 Å². The average molecular weight is 356 g/mol. The molecule has 0 heterocycles. The van der Waals surface area contributed by atoms with Gasteiger partial charge in [0, 0.05) is 37.8 Å². The summed E-state index contributed by atoms with van der Waals surface area (Å²) in [6.45, 7) is 0. The number of carbonyl (C=O) groups excluding carboxylic acids is 2. The fraction of sp³-hybridized carbons (Fsp3) is 0.300. The number of anilines is 1. The Balaban J connectivity index is 1.91. The molecule has 0 fully saturated rings. The molecule has 0 saturated carbocycles. The number of carbonyl (C=O) groups is 2. The lowest BCUT2D eigenvalue weighted by Gasteiger charge is -2.11. The topological polar surface area (TPSA) is 67.9 Å². The second kappa shape index (κ2) is 8.89. The predicted molar refractivity (Wildman–Crippen MR) is 101 cm³/mol. The molecule has 0 bridgehead atoms. The van der Waals surface area contributed by atoms with Crippen molar-refractivity contribution in [2.45, 2.75) is 12.8 Å². The summed E-state index contributed by atoms with van der Waals surface area (Å²) in [4.78, 5) is 25.6. The van der Waals surface area contributed by atoms with Crippen LogP contribution in [0.1, 0.15) is 22.3 Å². The normalized spacial score (nSPS) is 10.2. The number of ether oxygens (including phenoxy) is 2. The van der Waals surface area contributed by atoms with Crippen molar-refractivity contribution >= 4 is 17.5 Å². The molecule has 138 valence electrons. The summed E-state index contributed by atoms with van der Waals surface area (Å²) in [6.07, 6.45) is 0.935. The Morgan fingerprint density at radius 1 is 0.962 bits per heavy atom. The minimum atomic E-state index is -0.0920. The van der Waals surface area contributed by atoms with E-state index in [2.05, 4.69) is 5.32 Å². The molecule has 2 rings (SSSR count). The Kier molecular flexibility index (Phi) is 6.60. The minimum absolute atomic E-state index is 0.0391. The Labute approximate surface area is 153 Å². The molecule has 2 aromatic rings. The van der Waals surface area contributed by atoms with Crippen molar-refractivity contribution in [3.8, 4) is 11.5 Å². The fourth-order valence-corrected chi connectivity index (χ4v) is 2.47. The van der Waals surface area contributed by atoms with E-state index in [9.17, 15) is 9.59 Å². The highest BCUT2D eigenvalue weighted by atomic mass is 16.5. The summed E-state index contributed by atoms with van der Waals surface area (Å²) < 4.78 is 10.4. The van der Waals surface area contributed by atoms with Crippen LogP contribution >= 0.6 is 0 Å². The predicted octanol–water partition coefficient (Wildman–Crippen LogP) is 2.98. The van der Waals surface area contributed by atoms with Crippen molar-refractivity contribution in [1.82, 2.24) is 4.90 Å². The second-order valence-electron chi connectivity index (χ2n) is 6.01. The van der Waals surface area contributed by atoms with Gasteiger partial charge >= 0.3 is 0 Å². The van der Waals surface area contributed by atoms with E-state index >= 15 is 0 Å². The lowest BCUT2D eigenvalue weighted by atomic mass is 10.1. The summed E-state index contributed by atoms with van der Waals surface area (Å²) >= 11 is 0. The Bertz CT molecular complexity index is 770. The van der Waals surface area contributed by atoms with Gasteiger partial charge in [0.2, 0.25) is 5.91 Å². The monoisotopic (exact) mass is 356 g/mol. The van der Waals surface area contributed by atoms with Gasteiger partial charge in [0.05, 0.1) is 14.2 Å². The molecule has 0 atom stereocenters. The van der Waals surface area contributed by atoms with Crippen LogP contribution in [-0.2, 0) is 11.2 Å². The number of nitrogens with zero attached hydrogens (tertiary/aromatic N) is 1. The van der Waals surface area contributed by atoms with Gasteiger partial charge in [0.15, 0.2) is 11.5 Å². The van der Waals surface area contributed by atoms with E-state index in [1.54, 1.807) is 58.6 Å². The Hall–Kier alpha value is -3.02. The number of methoxy groups -OCH3 is 2. The summed E-state index contributed by atoms with van der Waals surface area (Å²) in [6, 6.07) is 12.5. The highest BCUT2D eigenvalue weighted by Gasteiger charge is 2.09. The molecule has 26 heavy (non-hydrogen) atoms. The second-order valence-corrected chi connectivity index (χ2v) is 6.01. The maximum atomic E-state index is 12.2. The number of aryl methyl sites for hydroxylation is 1. The Morgan fingerprint density at radius 3 is 2.19 bits per heavy atom. The molecule has 6 heteroatoms. The molecule has 0 aliphatic rings. The molecule has 0 radical (unpaired) electrons. The van der Waals surface area contributed by atoms with Crippen LogP contribution in [0, 0.1) is 0 Å². The molecule has 6 nitrogen and oxygen atoms in total. The van der Waals surface area contributed by atoms with E-state index in [1.807, 2.05) is 12.1 Å². The first-order valence-electron chi connectivity index (χ1n) is 8.27. The number of nitrogens with one attached hydrogen (secondary N) is 1. The van der Waals surface area contributed by atoms with Crippen molar-refractivity contribution in [2.75, 3.05) is 33.6 Å². The van der Waals surface area contributed by atoms with Crippen molar-refractivity contribution < 1.29 is 19.1 Å². The lowest BCUT2D eigenvalue weighted by molar-refractivity contribution is -0.116. The third-order valence-corrected chi connectivity index (χ3v) is 3.92. The maximum absolute atomic E-state index is 12.2. The molecule has 0 saturated heterocycles. The van der Waals surface area contributed by atoms with Crippen LogP contribution in [0.4, 0.5) is 5.69 Å². The quantitative estimate of drug-likeness (QED) is 0.828. The third-order valence-electron chi connectivity index (χ3n) is 3.92. The van der Waals surface area contributed by atoms with Crippen LogP contribution in [0.25, 0.3) is 0 Å². The molecular weight excluding hydrogens is 332 g/mol. The van der Waals surface area contributed by atoms with Gasteiger partial charge in [0.1, 0.15) is 0 Å². The molecule has 0 aliphatic heterocycles.